The van der Waals surface area contributed by atoms with Crippen LogP contribution in [0.25, 0.3) is 0 Å². The van der Waals surface area contributed by atoms with Gasteiger partial charge in [0.15, 0.2) is 5.75 Å². The molecule has 2 aromatic carbocycles. The number of anilines is 1. The SMILES string of the molecule is Nc1cc(Cl)c(Oc2cc(Br)ccc2Cl)c(C(=O)O)c1. The molecule has 3 N–H and O–H groups in total. The van der Waals surface area contributed by atoms with Crippen molar-refractivity contribution in [2.75, 3.05) is 5.73 Å². The van der Waals surface area contributed by atoms with Gasteiger partial charge in [-0.1, -0.05) is 39.1 Å². The Labute approximate surface area is 133 Å². The van der Waals surface area contributed by atoms with Crippen LogP contribution in [0.5, 0.6) is 11.5 Å². The summed E-state index contributed by atoms with van der Waals surface area (Å²) >= 11 is 15.3. The van der Waals surface area contributed by atoms with Crippen LogP contribution in [0.3, 0.4) is 0 Å². The molecule has 4 nitrogen and oxygen atoms in total. The number of hydrogen-bond donors (Lipinski definition) is 2. The fourth-order valence-corrected chi connectivity index (χ4v) is 2.30. The Balaban J connectivity index is 2.53. The Morgan fingerprint density at radius 2 is 1.90 bits per heavy atom. The maximum atomic E-state index is 11.2. The van der Waals surface area contributed by atoms with Crippen LogP contribution < -0.4 is 10.5 Å². The van der Waals surface area contributed by atoms with Gasteiger partial charge in [-0.15, -0.1) is 0 Å². The van der Waals surface area contributed by atoms with Crippen LogP contribution in [0.2, 0.25) is 10.0 Å². The van der Waals surface area contributed by atoms with Crippen LogP contribution in [0.15, 0.2) is 34.8 Å². The number of nitrogens with two attached hydrogens (primary N) is 1. The van der Waals surface area contributed by atoms with E-state index >= 15 is 0 Å². The quantitative estimate of drug-likeness (QED) is 0.752. The number of carboxylic acid groups (broad SMARTS) is 1. The van der Waals surface area contributed by atoms with Crippen LogP contribution in [0.1, 0.15) is 10.4 Å². The number of nitrogen functional groups attached to an aromatic ring is 1. The molecule has 0 radical (unpaired) electrons. The van der Waals surface area contributed by atoms with Gasteiger partial charge in [0.05, 0.1) is 10.0 Å². The second-order valence-corrected chi connectivity index (χ2v) is 5.59. The van der Waals surface area contributed by atoms with E-state index < -0.39 is 5.97 Å². The average molecular weight is 377 g/mol. The first-order valence-corrected chi connectivity index (χ1v) is 6.88. The molecule has 2 rings (SSSR count). The molecular weight excluding hydrogens is 369 g/mol. The van der Waals surface area contributed by atoms with Gasteiger partial charge >= 0.3 is 5.97 Å². The summed E-state index contributed by atoms with van der Waals surface area (Å²) in [5.74, 6) is -0.913. The van der Waals surface area contributed by atoms with E-state index in [1.54, 1.807) is 18.2 Å². The first-order chi connectivity index (χ1) is 9.38. The highest BCUT2D eigenvalue weighted by Crippen LogP contribution is 2.38. The predicted molar refractivity (Wildman–Crippen MR) is 82.0 cm³/mol. The minimum absolute atomic E-state index is 0.00614. The van der Waals surface area contributed by atoms with Crippen LogP contribution in [-0.4, -0.2) is 11.1 Å². The summed E-state index contributed by atoms with van der Waals surface area (Å²) in [4.78, 5) is 11.2. The Morgan fingerprint density at radius 1 is 1.20 bits per heavy atom. The van der Waals surface area contributed by atoms with E-state index in [2.05, 4.69) is 15.9 Å². The van der Waals surface area contributed by atoms with E-state index in [0.29, 0.717) is 5.02 Å². The lowest BCUT2D eigenvalue weighted by molar-refractivity contribution is 0.0694. The number of halogens is 3. The lowest BCUT2D eigenvalue weighted by atomic mass is 10.2. The number of hydrogen-bond acceptors (Lipinski definition) is 3. The molecule has 0 saturated carbocycles. The standard InChI is InChI=1S/C13H8BrCl2NO3/c14-6-1-2-9(15)11(3-6)20-12-8(13(18)19)4-7(17)5-10(12)16/h1-5H,17H2,(H,18,19). The molecule has 0 bridgehead atoms. The van der Waals surface area contributed by atoms with Crippen molar-refractivity contribution in [3.8, 4) is 11.5 Å². The second kappa shape index (κ2) is 5.91. The molecule has 0 amide bonds. The summed E-state index contributed by atoms with van der Waals surface area (Å²) in [6.07, 6.45) is 0. The zero-order valence-corrected chi connectivity index (χ0v) is 13.0. The number of carbonyl (C=O) groups is 1. The fourth-order valence-electron chi connectivity index (χ4n) is 1.54. The highest BCUT2D eigenvalue weighted by molar-refractivity contribution is 9.10. The molecule has 0 unspecified atom stereocenters. The molecule has 20 heavy (non-hydrogen) atoms. The minimum atomic E-state index is -1.19. The van der Waals surface area contributed by atoms with Gasteiger partial charge in [-0.25, -0.2) is 4.79 Å². The van der Waals surface area contributed by atoms with E-state index in [9.17, 15) is 9.90 Å². The van der Waals surface area contributed by atoms with E-state index in [4.69, 9.17) is 33.7 Å². The van der Waals surface area contributed by atoms with Crippen molar-refractivity contribution >= 4 is 50.8 Å². The third-order valence-electron chi connectivity index (χ3n) is 2.40. The summed E-state index contributed by atoms with van der Waals surface area (Å²) in [6.45, 7) is 0. The normalized spacial score (nSPS) is 10.3. The van der Waals surface area contributed by atoms with Crippen molar-refractivity contribution in [1.82, 2.24) is 0 Å². The lowest BCUT2D eigenvalue weighted by Gasteiger charge is -2.13. The Morgan fingerprint density at radius 3 is 2.55 bits per heavy atom. The van der Waals surface area contributed by atoms with Gasteiger partial charge < -0.3 is 15.6 Å². The molecule has 0 aliphatic carbocycles. The minimum Gasteiger partial charge on any atom is -0.478 e. The van der Waals surface area contributed by atoms with E-state index in [1.165, 1.54) is 12.1 Å². The maximum absolute atomic E-state index is 11.2. The first-order valence-electron chi connectivity index (χ1n) is 5.33. The molecule has 0 fully saturated rings. The third-order valence-corrected chi connectivity index (χ3v) is 3.49. The largest absolute Gasteiger partial charge is 0.478 e. The van der Waals surface area contributed by atoms with Gasteiger partial charge in [0, 0.05) is 10.2 Å². The van der Waals surface area contributed by atoms with Gasteiger partial charge in [-0.2, -0.15) is 0 Å². The van der Waals surface area contributed by atoms with Gasteiger partial charge in [0.25, 0.3) is 0 Å². The highest BCUT2D eigenvalue weighted by Gasteiger charge is 2.18. The number of benzene rings is 2. The number of rotatable bonds is 3. The summed E-state index contributed by atoms with van der Waals surface area (Å²) in [5.41, 5.74) is 5.68. The smallest absolute Gasteiger partial charge is 0.339 e. The summed E-state index contributed by atoms with van der Waals surface area (Å²) in [7, 11) is 0. The maximum Gasteiger partial charge on any atom is 0.339 e. The fraction of sp³-hybridized carbons (Fsp3) is 0. The zero-order valence-electron chi connectivity index (χ0n) is 9.86. The van der Waals surface area contributed by atoms with E-state index in [1.807, 2.05) is 0 Å². The monoisotopic (exact) mass is 375 g/mol. The topological polar surface area (TPSA) is 72.5 Å². The van der Waals surface area contributed by atoms with Gasteiger partial charge in [0.2, 0.25) is 0 Å². The molecule has 0 heterocycles. The molecule has 7 heteroatoms. The summed E-state index contributed by atoms with van der Waals surface area (Å²) < 4.78 is 6.27. The molecule has 2 aromatic rings. The molecule has 0 aromatic heterocycles. The molecule has 0 saturated heterocycles. The van der Waals surface area contributed by atoms with Crippen LogP contribution in [-0.2, 0) is 0 Å². The average Bonchev–Trinajstić information content (AvgIpc) is 2.36. The summed E-state index contributed by atoms with van der Waals surface area (Å²) in [6, 6.07) is 7.65. The Hall–Kier alpha value is -1.43. The zero-order chi connectivity index (χ0) is 14.9. The Bertz CT molecular complexity index is 692. The number of carboxylic acids is 1. The van der Waals surface area contributed by atoms with E-state index in [0.717, 1.165) is 4.47 Å². The number of aromatic carboxylic acids is 1. The van der Waals surface area contributed by atoms with Crippen molar-refractivity contribution in [3.05, 3.63) is 50.4 Å². The highest BCUT2D eigenvalue weighted by atomic mass is 79.9. The molecule has 0 aliphatic heterocycles. The molecule has 0 aliphatic rings. The van der Waals surface area contributed by atoms with Crippen LogP contribution in [0.4, 0.5) is 5.69 Å². The van der Waals surface area contributed by atoms with Crippen molar-refractivity contribution in [3.63, 3.8) is 0 Å². The molecule has 104 valence electrons. The van der Waals surface area contributed by atoms with Gasteiger partial charge in [-0.05, 0) is 30.3 Å². The summed E-state index contributed by atoms with van der Waals surface area (Å²) in [5, 5.41) is 9.61. The Kier molecular flexibility index (Phi) is 4.42. The van der Waals surface area contributed by atoms with Crippen molar-refractivity contribution in [1.29, 1.82) is 0 Å². The van der Waals surface area contributed by atoms with Crippen LogP contribution in [0, 0.1) is 0 Å². The lowest BCUT2D eigenvalue weighted by Crippen LogP contribution is -2.02. The third kappa shape index (κ3) is 3.17. The molecule has 0 atom stereocenters. The van der Waals surface area contributed by atoms with E-state index in [-0.39, 0.29) is 27.8 Å². The molecular formula is C13H8BrCl2NO3. The predicted octanol–water partition coefficient (Wildman–Crippen LogP) is 4.83. The van der Waals surface area contributed by atoms with Crippen LogP contribution >= 0.6 is 39.1 Å². The first kappa shape index (κ1) is 15.0. The van der Waals surface area contributed by atoms with Gasteiger partial charge in [-0.3, -0.25) is 0 Å². The molecule has 0 spiro atoms. The van der Waals surface area contributed by atoms with Gasteiger partial charge in [0.1, 0.15) is 11.3 Å². The van der Waals surface area contributed by atoms with Crippen molar-refractivity contribution in [2.24, 2.45) is 0 Å². The number of ether oxygens (including phenoxy) is 1. The second-order valence-electron chi connectivity index (χ2n) is 3.86. The van der Waals surface area contributed by atoms with Crippen molar-refractivity contribution in [2.45, 2.75) is 0 Å². The van der Waals surface area contributed by atoms with Crippen molar-refractivity contribution < 1.29 is 14.6 Å².